The van der Waals surface area contributed by atoms with E-state index < -0.39 is 17.5 Å². The standard InChI is InChI=1S/C17H22F2N4O2/c1-20-5-7-23-14-4-6-22(10-11(14)2-3-15(23)24)17(25)16-13(19)8-12(18)9-21-16/h8-9,11,14,20H,2-7,10H2,1H3. The van der Waals surface area contributed by atoms with Crippen LogP contribution in [0.3, 0.4) is 0 Å². The molecule has 2 fully saturated rings. The molecular weight excluding hydrogens is 330 g/mol. The van der Waals surface area contributed by atoms with Gasteiger partial charge in [-0.05, 0) is 25.8 Å². The highest BCUT2D eigenvalue weighted by Gasteiger charge is 2.40. The summed E-state index contributed by atoms with van der Waals surface area (Å²) in [5, 5.41) is 3.05. The summed E-state index contributed by atoms with van der Waals surface area (Å²) < 4.78 is 26.8. The molecule has 3 rings (SSSR count). The highest BCUT2D eigenvalue weighted by molar-refractivity contribution is 5.92. The first-order valence-electron chi connectivity index (χ1n) is 8.55. The zero-order valence-electron chi connectivity index (χ0n) is 14.2. The quantitative estimate of drug-likeness (QED) is 0.879. The van der Waals surface area contributed by atoms with E-state index in [2.05, 4.69) is 10.3 Å². The van der Waals surface area contributed by atoms with Crippen LogP contribution in [0.25, 0.3) is 0 Å². The Hall–Kier alpha value is -2.09. The molecule has 0 spiro atoms. The minimum atomic E-state index is -0.943. The number of fused-ring (bicyclic) bond motifs is 1. The number of carbonyl (C=O) groups excluding carboxylic acids is 2. The van der Waals surface area contributed by atoms with Gasteiger partial charge in [-0.3, -0.25) is 9.59 Å². The Morgan fingerprint density at radius 2 is 2.20 bits per heavy atom. The topological polar surface area (TPSA) is 65.5 Å². The number of likely N-dealkylation sites (tertiary alicyclic amines) is 2. The number of hydrogen-bond acceptors (Lipinski definition) is 4. The Morgan fingerprint density at radius 1 is 1.40 bits per heavy atom. The molecule has 25 heavy (non-hydrogen) atoms. The Bertz CT molecular complexity index is 670. The average Bonchev–Trinajstić information content (AvgIpc) is 2.60. The second kappa shape index (κ2) is 7.43. The van der Waals surface area contributed by atoms with Gasteiger partial charge in [0.1, 0.15) is 5.82 Å². The lowest BCUT2D eigenvalue weighted by Crippen LogP contribution is -2.57. The third-order valence-corrected chi connectivity index (χ3v) is 5.04. The van der Waals surface area contributed by atoms with Crippen molar-refractivity contribution in [3.8, 4) is 0 Å². The number of hydrogen-bond donors (Lipinski definition) is 1. The fraction of sp³-hybridized carbons (Fsp3) is 0.588. The molecule has 2 aliphatic heterocycles. The van der Waals surface area contributed by atoms with Crippen molar-refractivity contribution in [2.24, 2.45) is 5.92 Å². The molecule has 0 aromatic carbocycles. The van der Waals surface area contributed by atoms with Crippen LogP contribution >= 0.6 is 0 Å². The van der Waals surface area contributed by atoms with Crippen LogP contribution in [0.4, 0.5) is 8.78 Å². The van der Waals surface area contributed by atoms with Gasteiger partial charge in [-0.2, -0.15) is 0 Å². The summed E-state index contributed by atoms with van der Waals surface area (Å²) in [6, 6.07) is 0.788. The zero-order valence-corrected chi connectivity index (χ0v) is 14.2. The molecule has 1 aromatic heterocycles. The molecule has 0 radical (unpaired) electrons. The normalized spacial score (nSPS) is 23.6. The second-order valence-corrected chi connectivity index (χ2v) is 6.58. The molecule has 6 nitrogen and oxygen atoms in total. The SMILES string of the molecule is CNCCN1C(=O)CCC2CN(C(=O)c3ncc(F)cc3F)CCC21. The number of halogens is 2. The molecule has 3 heterocycles. The molecule has 1 N–H and O–H groups in total. The van der Waals surface area contributed by atoms with E-state index in [1.54, 1.807) is 4.90 Å². The number of likely N-dealkylation sites (N-methyl/N-ethyl adjacent to an activating group) is 1. The Kier molecular flexibility index (Phi) is 5.27. The van der Waals surface area contributed by atoms with Crippen molar-refractivity contribution < 1.29 is 18.4 Å². The molecule has 136 valence electrons. The van der Waals surface area contributed by atoms with E-state index in [4.69, 9.17) is 0 Å². The lowest BCUT2D eigenvalue weighted by atomic mass is 9.83. The van der Waals surface area contributed by atoms with Gasteiger partial charge in [0.25, 0.3) is 5.91 Å². The summed E-state index contributed by atoms with van der Waals surface area (Å²) >= 11 is 0. The first-order valence-corrected chi connectivity index (χ1v) is 8.55. The van der Waals surface area contributed by atoms with Crippen LogP contribution < -0.4 is 5.32 Å². The summed E-state index contributed by atoms with van der Waals surface area (Å²) in [5.41, 5.74) is -0.348. The maximum atomic E-state index is 13.8. The Labute approximate surface area is 145 Å². The number of nitrogens with one attached hydrogen (secondary N) is 1. The fourth-order valence-electron chi connectivity index (χ4n) is 3.78. The minimum absolute atomic E-state index is 0.115. The molecule has 2 atom stereocenters. The third kappa shape index (κ3) is 3.63. The van der Waals surface area contributed by atoms with Crippen molar-refractivity contribution in [1.29, 1.82) is 0 Å². The van der Waals surface area contributed by atoms with Crippen molar-refractivity contribution in [3.63, 3.8) is 0 Å². The molecule has 0 aliphatic carbocycles. The van der Waals surface area contributed by atoms with Crippen LogP contribution in [0.5, 0.6) is 0 Å². The molecule has 8 heteroatoms. The van der Waals surface area contributed by atoms with Crippen molar-refractivity contribution in [2.45, 2.75) is 25.3 Å². The van der Waals surface area contributed by atoms with Gasteiger partial charge in [0.15, 0.2) is 11.5 Å². The maximum Gasteiger partial charge on any atom is 0.275 e. The van der Waals surface area contributed by atoms with Crippen molar-refractivity contribution in [3.05, 3.63) is 29.6 Å². The summed E-state index contributed by atoms with van der Waals surface area (Å²) in [5.74, 6) is -1.94. The van der Waals surface area contributed by atoms with Gasteiger partial charge in [0, 0.05) is 44.7 Å². The number of aromatic nitrogens is 1. The van der Waals surface area contributed by atoms with E-state index in [9.17, 15) is 18.4 Å². The van der Waals surface area contributed by atoms with E-state index >= 15 is 0 Å². The molecule has 2 amide bonds. The lowest BCUT2D eigenvalue weighted by Gasteiger charge is -2.47. The van der Waals surface area contributed by atoms with Crippen LogP contribution in [0.1, 0.15) is 29.8 Å². The van der Waals surface area contributed by atoms with Crippen LogP contribution in [-0.2, 0) is 4.79 Å². The molecule has 0 saturated carbocycles. The minimum Gasteiger partial charge on any atom is -0.338 e. The van der Waals surface area contributed by atoms with Crippen molar-refractivity contribution in [2.75, 3.05) is 33.2 Å². The first kappa shape index (κ1) is 17.7. The number of carbonyl (C=O) groups is 2. The van der Waals surface area contributed by atoms with E-state index in [-0.39, 0.29) is 23.6 Å². The van der Waals surface area contributed by atoms with Gasteiger partial charge in [-0.15, -0.1) is 0 Å². The zero-order chi connectivity index (χ0) is 18.0. The number of nitrogens with zero attached hydrogens (tertiary/aromatic N) is 3. The van der Waals surface area contributed by atoms with Gasteiger partial charge in [-0.25, -0.2) is 13.8 Å². The molecule has 2 saturated heterocycles. The molecule has 1 aromatic rings. The average molecular weight is 352 g/mol. The highest BCUT2D eigenvalue weighted by atomic mass is 19.1. The van der Waals surface area contributed by atoms with Crippen LogP contribution in [-0.4, -0.2) is 65.9 Å². The number of amides is 2. The lowest BCUT2D eigenvalue weighted by molar-refractivity contribution is -0.140. The summed E-state index contributed by atoms with van der Waals surface area (Å²) in [4.78, 5) is 31.8. The van der Waals surface area contributed by atoms with Gasteiger partial charge >= 0.3 is 0 Å². The van der Waals surface area contributed by atoms with E-state index in [1.165, 1.54) is 0 Å². The van der Waals surface area contributed by atoms with E-state index in [1.807, 2.05) is 11.9 Å². The van der Waals surface area contributed by atoms with Crippen molar-refractivity contribution >= 4 is 11.8 Å². The van der Waals surface area contributed by atoms with Gasteiger partial charge in [-0.1, -0.05) is 0 Å². The van der Waals surface area contributed by atoms with E-state index in [0.717, 1.165) is 19.2 Å². The highest BCUT2D eigenvalue weighted by Crippen LogP contribution is 2.31. The molecule has 2 aliphatic rings. The van der Waals surface area contributed by atoms with Gasteiger partial charge in [0.05, 0.1) is 6.20 Å². The number of rotatable bonds is 4. The summed E-state index contributed by atoms with van der Waals surface area (Å²) in [6.07, 6.45) is 2.70. The maximum absolute atomic E-state index is 13.8. The van der Waals surface area contributed by atoms with Crippen LogP contribution in [0.15, 0.2) is 12.3 Å². The second-order valence-electron chi connectivity index (χ2n) is 6.58. The molecule has 2 unspecified atom stereocenters. The summed E-state index contributed by atoms with van der Waals surface area (Å²) in [7, 11) is 1.84. The Morgan fingerprint density at radius 3 is 2.92 bits per heavy atom. The molecular formula is C17H22F2N4O2. The van der Waals surface area contributed by atoms with Crippen LogP contribution in [0, 0.1) is 17.6 Å². The Balaban J connectivity index is 1.70. The summed E-state index contributed by atoms with van der Waals surface area (Å²) in [6.45, 7) is 2.27. The van der Waals surface area contributed by atoms with Gasteiger partial charge < -0.3 is 15.1 Å². The largest absolute Gasteiger partial charge is 0.338 e. The predicted molar refractivity (Wildman–Crippen MR) is 86.8 cm³/mol. The first-order chi connectivity index (χ1) is 12.0. The predicted octanol–water partition coefficient (Wildman–Crippen LogP) is 1.03. The molecule has 0 bridgehead atoms. The monoisotopic (exact) mass is 352 g/mol. The number of piperidine rings is 2. The number of pyridine rings is 1. The van der Waals surface area contributed by atoms with Crippen LogP contribution in [0.2, 0.25) is 0 Å². The smallest absolute Gasteiger partial charge is 0.275 e. The third-order valence-electron chi connectivity index (χ3n) is 5.04. The fourth-order valence-corrected chi connectivity index (χ4v) is 3.78. The van der Waals surface area contributed by atoms with Crippen molar-refractivity contribution in [1.82, 2.24) is 20.1 Å². The van der Waals surface area contributed by atoms with Gasteiger partial charge in [0.2, 0.25) is 5.91 Å². The van der Waals surface area contributed by atoms with E-state index in [0.29, 0.717) is 38.5 Å².